The first-order valence-corrected chi connectivity index (χ1v) is 8.38. The summed E-state index contributed by atoms with van der Waals surface area (Å²) in [5, 5.41) is 3.06. The van der Waals surface area contributed by atoms with Crippen molar-refractivity contribution in [3.8, 4) is 0 Å². The van der Waals surface area contributed by atoms with E-state index in [1.54, 1.807) is 7.05 Å². The molecule has 0 saturated heterocycles. The van der Waals surface area contributed by atoms with E-state index in [2.05, 4.69) is 31.3 Å². The lowest BCUT2D eigenvalue weighted by Crippen LogP contribution is -2.24. The van der Waals surface area contributed by atoms with Crippen molar-refractivity contribution in [3.63, 3.8) is 0 Å². The molecular formula is C14H23NO2S. The molecular weight excluding hydrogens is 246 g/mol. The predicted molar refractivity (Wildman–Crippen MR) is 76.7 cm³/mol. The van der Waals surface area contributed by atoms with Gasteiger partial charge in [-0.2, -0.15) is 0 Å². The highest BCUT2D eigenvalue weighted by Gasteiger charge is 2.15. The van der Waals surface area contributed by atoms with Crippen molar-refractivity contribution in [3.05, 3.63) is 35.4 Å². The average Bonchev–Trinajstić information content (AvgIpc) is 2.34. The molecule has 18 heavy (non-hydrogen) atoms. The fourth-order valence-electron chi connectivity index (χ4n) is 1.94. The Morgan fingerprint density at radius 1 is 1.17 bits per heavy atom. The Morgan fingerprint density at radius 2 is 1.67 bits per heavy atom. The Balaban J connectivity index is 2.88. The largest absolute Gasteiger partial charge is 0.312 e. The van der Waals surface area contributed by atoms with Gasteiger partial charge in [0.25, 0.3) is 0 Å². The summed E-state index contributed by atoms with van der Waals surface area (Å²) in [6.07, 6.45) is 2.38. The van der Waals surface area contributed by atoms with E-state index < -0.39 is 9.84 Å². The topological polar surface area (TPSA) is 46.2 Å². The predicted octanol–water partition coefficient (Wildman–Crippen LogP) is 2.51. The summed E-state index contributed by atoms with van der Waals surface area (Å²) in [5.41, 5.74) is 2.32. The summed E-state index contributed by atoms with van der Waals surface area (Å²) in [6, 6.07) is 8.10. The number of sulfone groups is 1. The molecule has 3 nitrogen and oxygen atoms in total. The van der Waals surface area contributed by atoms with Crippen molar-refractivity contribution in [1.29, 1.82) is 0 Å². The van der Waals surface area contributed by atoms with E-state index in [9.17, 15) is 8.42 Å². The Bertz CT molecular complexity index is 465. The highest BCUT2D eigenvalue weighted by atomic mass is 32.2. The molecule has 0 aliphatic rings. The fraction of sp³-hybridized carbons (Fsp3) is 0.571. The van der Waals surface area contributed by atoms with Crippen molar-refractivity contribution >= 4 is 9.84 Å². The molecule has 0 saturated carbocycles. The number of nitrogens with one attached hydrogen (secondary N) is 1. The van der Waals surface area contributed by atoms with Gasteiger partial charge in [0.2, 0.25) is 0 Å². The molecule has 0 aliphatic heterocycles. The van der Waals surface area contributed by atoms with Crippen LogP contribution in [0.1, 0.15) is 43.4 Å². The van der Waals surface area contributed by atoms with Crippen LogP contribution in [-0.4, -0.2) is 27.5 Å². The van der Waals surface area contributed by atoms with Crippen molar-refractivity contribution < 1.29 is 8.42 Å². The molecule has 1 rings (SSSR count). The third-order valence-electron chi connectivity index (χ3n) is 3.34. The number of benzene rings is 1. The van der Waals surface area contributed by atoms with Gasteiger partial charge in [0, 0.05) is 12.3 Å². The minimum Gasteiger partial charge on any atom is -0.312 e. The zero-order valence-electron chi connectivity index (χ0n) is 11.6. The molecule has 4 heteroatoms. The summed E-state index contributed by atoms with van der Waals surface area (Å²) >= 11 is 0. The zero-order valence-corrected chi connectivity index (χ0v) is 12.4. The molecule has 1 N–H and O–H groups in total. The van der Waals surface area contributed by atoms with Gasteiger partial charge in [0.05, 0.1) is 5.75 Å². The number of hydrogen-bond acceptors (Lipinski definition) is 3. The summed E-state index contributed by atoms with van der Waals surface area (Å²) in [7, 11) is -1.19. The van der Waals surface area contributed by atoms with Crippen LogP contribution < -0.4 is 5.32 Å². The Kier molecular flexibility index (Phi) is 5.35. The van der Waals surface area contributed by atoms with Gasteiger partial charge >= 0.3 is 0 Å². The lowest BCUT2D eigenvalue weighted by molar-refractivity contribution is 0.579. The van der Waals surface area contributed by atoms with E-state index in [0.29, 0.717) is 5.92 Å². The van der Waals surface area contributed by atoms with Crippen molar-refractivity contribution in [1.82, 2.24) is 5.32 Å². The van der Waals surface area contributed by atoms with Crippen LogP contribution in [0.15, 0.2) is 24.3 Å². The second-order valence-electron chi connectivity index (χ2n) is 4.91. The van der Waals surface area contributed by atoms with Crippen LogP contribution >= 0.6 is 0 Å². The molecule has 1 aromatic carbocycles. The van der Waals surface area contributed by atoms with Crippen molar-refractivity contribution in [2.24, 2.45) is 0 Å². The van der Waals surface area contributed by atoms with Crippen LogP contribution in [0.3, 0.4) is 0 Å². The molecule has 1 aromatic rings. The Hall–Kier alpha value is -0.870. The van der Waals surface area contributed by atoms with E-state index in [-0.39, 0.29) is 11.8 Å². The first-order valence-electron chi connectivity index (χ1n) is 6.32. The first kappa shape index (κ1) is 15.2. The van der Waals surface area contributed by atoms with Crippen LogP contribution in [0.5, 0.6) is 0 Å². The van der Waals surface area contributed by atoms with E-state index >= 15 is 0 Å². The molecule has 0 aliphatic carbocycles. The molecule has 0 fully saturated rings. The summed E-state index contributed by atoms with van der Waals surface area (Å²) in [5.74, 6) is 0.675. The maximum Gasteiger partial charge on any atom is 0.149 e. The van der Waals surface area contributed by atoms with Gasteiger partial charge in [-0.05, 0) is 30.5 Å². The van der Waals surface area contributed by atoms with Gasteiger partial charge in [-0.1, -0.05) is 38.1 Å². The lowest BCUT2D eigenvalue weighted by Gasteiger charge is -2.17. The molecule has 0 aromatic heterocycles. The lowest BCUT2D eigenvalue weighted by atomic mass is 9.96. The Morgan fingerprint density at radius 3 is 2.06 bits per heavy atom. The Labute approximate surface area is 111 Å². The molecule has 2 unspecified atom stereocenters. The molecule has 2 atom stereocenters. The minimum atomic E-state index is -2.98. The highest BCUT2D eigenvalue weighted by molar-refractivity contribution is 7.90. The first-order chi connectivity index (χ1) is 8.37. The van der Waals surface area contributed by atoms with Gasteiger partial charge in [0.15, 0.2) is 0 Å². The SMILES string of the molecule is CCC(C)c1ccc(C(CS(C)(=O)=O)NC)cc1. The minimum absolute atomic E-state index is 0.131. The average molecular weight is 269 g/mol. The van der Waals surface area contributed by atoms with E-state index in [1.165, 1.54) is 11.8 Å². The fourth-order valence-corrected chi connectivity index (χ4v) is 2.91. The molecule has 102 valence electrons. The summed E-state index contributed by atoms with van der Waals surface area (Å²) < 4.78 is 22.7. The van der Waals surface area contributed by atoms with E-state index in [4.69, 9.17) is 0 Å². The summed E-state index contributed by atoms with van der Waals surface area (Å²) in [4.78, 5) is 0. The van der Waals surface area contributed by atoms with Crippen LogP contribution in [0.25, 0.3) is 0 Å². The van der Waals surface area contributed by atoms with E-state index in [1.807, 2.05) is 12.1 Å². The van der Waals surface area contributed by atoms with Crippen LogP contribution in [-0.2, 0) is 9.84 Å². The van der Waals surface area contributed by atoms with Crippen molar-refractivity contribution in [2.45, 2.75) is 32.2 Å². The van der Waals surface area contributed by atoms with Gasteiger partial charge in [0.1, 0.15) is 9.84 Å². The van der Waals surface area contributed by atoms with Crippen LogP contribution in [0.4, 0.5) is 0 Å². The molecule has 0 heterocycles. The third kappa shape index (κ3) is 4.42. The van der Waals surface area contributed by atoms with Crippen LogP contribution in [0.2, 0.25) is 0 Å². The summed E-state index contributed by atoms with van der Waals surface area (Å²) in [6.45, 7) is 4.36. The second kappa shape index (κ2) is 6.34. The van der Waals surface area contributed by atoms with Crippen LogP contribution in [0, 0.1) is 0 Å². The molecule has 0 radical (unpaired) electrons. The zero-order chi connectivity index (χ0) is 13.8. The maximum absolute atomic E-state index is 11.4. The quantitative estimate of drug-likeness (QED) is 0.863. The van der Waals surface area contributed by atoms with Gasteiger partial charge < -0.3 is 5.32 Å². The normalized spacial score (nSPS) is 15.3. The third-order valence-corrected chi connectivity index (χ3v) is 4.28. The monoisotopic (exact) mass is 269 g/mol. The van der Waals surface area contributed by atoms with Gasteiger partial charge in [-0.25, -0.2) is 8.42 Å². The maximum atomic E-state index is 11.4. The highest BCUT2D eigenvalue weighted by Crippen LogP contribution is 2.21. The molecule has 0 spiro atoms. The molecule has 0 amide bonds. The standard InChI is InChI=1S/C14H23NO2S/c1-5-11(2)12-6-8-13(9-7-12)14(15-3)10-18(4,16)17/h6-9,11,14-15H,5,10H2,1-4H3. The van der Waals surface area contributed by atoms with Crippen molar-refractivity contribution in [2.75, 3.05) is 19.1 Å². The van der Waals surface area contributed by atoms with E-state index in [0.717, 1.165) is 12.0 Å². The second-order valence-corrected chi connectivity index (χ2v) is 7.09. The molecule has 0 bridgehead atoms. The van der Waals surface area contributed by atoms with Gasteiger partial charge in [-0.15, -0.1) is 0 Å². The van der Waals surface area contributed by atoms with Gasteiger partial charge in [-0.3, -0.25) is 0 Å². The smallest absolute Gasteiger partial charge is 0.149 e. The number of rotatable bonds is 6. The number of hydrogen-bond donors (Lipinski definition) is 1.